The van der Waals surface area contributed by atoms with E-state index in [0.717, 1.165) is 16.0 Å². The molecule has 29 heavy (non-hydrogen) atoms. The van der Waals surface area contributed by atoms with Crippen molar-refractivity contribution in [2.75, 3.05) is 0 Å². The minimum atomic E-state index is -1.02. The van der Waals surface area contributed by atoms with Gasteiger partial charge in [-0.15, -0.1) is 11.3 Å². The van der Waals surface area contributed by atoms with E-state index in [0.29, 0.717) is 10.4 Å². The van der Waals surface area contributed by atoms with Crippen LogP contribution in [-0.4, -0.2) is 23.9 Å². The first kappa shape index (κ1) is 18.8. The minimum Gasteiger partial charge on any atom is -0.448 e. The first-order chi connectivity index (χ1) is 14.0. The fourth-order valence-corrected chi connectivity index (χ4v) is 3.87. The van der Waals surface area contributed by atoms with Crippen molar-refractivity contribution in [2.24, 2.45) is 0 Å². The molecule has 0 saturated heterocycles. The summed E-state index contributed by atoms with van der Waals surface area (Å²) in [4.78, 5) is 37.8. The van der Waals surface area contributed by atoms with Crippen molar-refractivity contribution in [1.82, 2.24) is 10.9 Å². The van der Waals surface area contributed by atoms with Crippen LogP contribution in [0.15, 0.2) is 60.7 Å². The molecular formula is C21H15FN2O4S. The van der Waals surface area contributed by atoms with E-state index in [-0.39, 0.29) is 12.2 Å². The summed E-state index contributed by atoms with van der Waals surface area (Å²) in [6.45, 7) is 0. The summed E-state index contributed by atoms with van der Waals surface area (Å²) in [5.41, 5.74) is 6.57. The highest BCUT2D eigenvalue weighted by Crippen LogP contribution is 2.28. The van der Waals surface area contributed by atoms with Gasteiger partial charge < -0.3 is 4.74 Å². The molecule has 2 N–H and O–H groups in total. The van der Waals surface area contributed by atoms with Crippen molar-refractivity contribution >= 4 is 29.1 Å². The number of nitrogens with one attached hydrogen (secondary N) is 2. The van der Waals surface area contributed by atoms with E-state index in [9.17, 15) is 18.8 Å². The van der Waals surface area contributed by atoms with Gasteiger partial charge in [-0.05, 0) is 41.5 Å². The molecule has 0 saturated carbocycles. The van der Waals surface area contributed by atoms with Gasteiger partial charge in [0.25, 0.3) is 11.8 Å². The van der Waals surface area contributed by atoms with E-state index in [1.807, 2.05) is 0 Å². The number of thiophene rings is 1. The fraction of sp³-hybridized carbons (Fsp3) is 0.0952. The van der Waals surface area contributed by atoms with E-state index in [1.165, 1.54) is 23.5 Å². The number of benzene rings is 2. The molecule has 0 fully saturated rings. The summed E-state index contributed by atoms with van der Waals surface area (Å²) in [6.07, 6.45) is -0.784. The third kappa shape index (κ3) is 4.02. The van der Waals surface area contributed by atoms with Gasteiger partial charge in [0.1, 0.15) is 5.82 Å². The van der Waals surface area contributed by atoms with Crippen molar-refractivity contribution < 1.29 is 23.5 Å². The SMILES string of the molecule is O=C(NNC(=O)C1Cc2ccccc2C(=O)O1)c1ccc(-c2ccc(F)cc2)s1. The Balaban J connectivity index is 1.37. The van der Waals surface area contributed by atoms with Gasteiger partial charge >= 0.3 is 5.97 Å². The number of cyclic esters (lactones) is 1. The second-order valence-corrected chi connectivity index (χ2v) is 7.45. The van der Waals surface area contributed by atoms with Crippen molar-refractivity contribution in [3.8, 4) is 10.4 Å². The standard InChI is InChI=1S/C21H15FN2O4S/c22-14-7-5-12(6-8-14)17-9-10-18(29-17)20(26)24-23-19(25)16-11-13-3-1-2-4-15(13)21(27)28-16/h1-10,16H,11H2,(H,23,25)(H,24,26). The Labute approximate surface area is 169 Å². The van der Waals surface area contributed by atoms with Gasteiger partial charge in [-0.25, -0.2) is 9.18 Å². The Bertz CT molecular complexity index is 1090. The Hall–Kier alpha value is -3.52. The number of hydrazine groups is 1. The number of halogens is 1. The van der Waals surface area contributed by atoms with Crippen molar-refractivity contribution in [1.29, 1.82) is 0 Å². The van der Waals surface area contributed by atoms with Gasteiger partial charge in [0.15, 0.2) is 6.10 Å². The summed E-state index contributed by atoms with van der Waals surface area (Å²) < 4.78 is 18.2. The van der Waals surface area contributed by atoms with Gasteiger partial charge in [0, 0.05) is 11.3 Å². The number of hydrogen-bond donors (Lipinski definition) is 2. The number of amides is 2. The molecule has 0 radical (unpaired) electrons. The maximum Gasteiger partial charge on any atom is 0.339 e. The molecule has 3 aromatic rings. The lowest BCUT2D eigenvalue weighted by Crippen LogP contribution is -2.49. The lowest BCUT2D eigenvalue weighted by Gasteiger charge is -2.23. The van der Waals surface area contributed by atoms with Gasteiger partial charge in [0.2, 0.25) is 0 Å². The molecule has 146 valence electrons. The first-order valence-electron chi connectivity index (χ1n) is 8.76. The molecule has 0 aliphatic carbocycles. The highest BCUT2D eigenvalue weighted by Gasteiger charge is 2.31. The molecule has 2 heterocycles. The number of carbonyl (C=O) groups excluding carboxylic acids is 3. The number of ether oxygens (including phenoxy) is 1. The van der Waals surface area contributed by atoms with Gasteiger partial charge in [0.05, 0.1) is 10.4 Å². The van der Waals surface area contributed by atoms with E-state index >= 15 is 0 Å². The predicted molar refractivity (Wildman–Crippen MR) is 105 cm³/mol. The molecule has 2 aromatic carbocycles. The quantitative estimate of drug-likeness (QED) is 0.513. The second-order valence-electron chi connectivity index (χ2n) is 6.37. The predicted octanol–water partition coefficient (Wildman–Crippen LogP) is 3.10. The lowest BCUT2D eigenvalue weighted by molar-refractivity contribution is -0.131. The molecular weight excluding hydrogens is 395 g/mol. The zero-order valence-electron chi connectivity index (χ0n) is 15.0. The van der Waals surface area contributed by atoms with Crippen LogP contribution in [0.25, 0.3) is 10.4 Å². The van der Waals surface area contributed by atoms with Crippen LogP contribution in [0, 0.1) is 5.82 Å². The van der Waals surface area contributed by atoms with Gasteiger partial charge in [-0.2, -0.15) is 0 Å². The number of carbonyl (C=O) groups is 3. The maximum absolute atomic E-state index is 13.0. The molecule has 1 unspecified atom stereocenters. The minimum absolute atomic E-state index is 0.233. The van der Waals surface area contributed by atoms with E-state index < -0.39 is 23.9 Å². The van der Waals surface area contributed by atoms with Crippen LogP contribution in [-0.2, 0) is 16.0 Å². The molecule has 1 aliphatic heterocycles. The van der Waals surface area contributed by atoms with E-state index in [2.05, 4.69) is 10.9 Å². The smallest absolute Gasteiger partial charge is 0.339 e. The third-order valence-corrected chi connectivity index (χ3v) is 5.58. The fourth-order valence-electron chi connectivity index (χ4n) is 2.97. The van der Waals surface area contributed by atoms with Crippen molar-refractivity contribution in [3.63, 3.8) is 0 Å². The Morgan fingerprint density at radius 3 is 2.55 bits per heavy atom. The second kappa shape index (κ2) is 7.84. The van der Waals surface area contributed by atoms with Crippen molar-refractivity contribution in [3.05, 3.63) is 82.5 Å². The van der Waals surface area contributed by atoms with Crippen LogP contribution >= 0.6 is 11.3 Å². The number of hydrogen-bond acceptors (Lipinski definition) is 5. The summed E-state index contributed by atoms with van der Waals surface area (Å²) in [6, 6.07) is 16.2. The monoisotopic (exact) mass is 410 g/mol. The van der Waals surface area contributed by atoms with Crippen LogP contribution in [0.1, 0.15) is 25.6 Å². The molecule has 8 heteroatoms. The molecule has 2 amide bonds. The van der Waals surface area contributed by atoms with Crippen LogP contribution in [0.2, 0.25) is 0 Å². The Morgan fingerprint density at radius 2 is 1.76 bits per heavy atom. The average molecular weight is 410 g/mol. The van der Waals surface area contributed by atoms with E-state index in [1.54, 1.807) is 48.5 Å². The third-order valence-electron chi connectivity index (χ3n) is 4.44. The highest BCUT2D eigenvalue weighted by molar-refractivity contribution is 7.17. The van der Waals surface area contributed by atoms with Gasteiger partial charge in [-0.1, -0.05) is 30.3 Å². The highest BCUT2D eigenvalue weighted by atomic mass is 32.1. The molecule has 0 bridgehead atoms. The zero-order chi connectivity index (χ0) is 20.4. The number of rotatable bonds is 3. The molecule has 1 aliphatic rings. The Morgan fingerprint density at radius 1 is 1.00 bits per heavy atom. The normalized spacial score (nSPS) is 15.2. The van der Waals surface area contributed by atoms with Crippen LogP contribution in [0.4, 0.5) is 4.39 Å². The molecule has 6 nitrogen and oxygen atoms in total. The zero-order valence-corrected chi connectivity index (χ0v) is 15.8. The van der Waals surface area contributed by atoms with Gasteiger partial charge in [-0.3, -0.25) is 20.4 Å². The van der Waals surface area contributed by atoms with Crippen LogP contribution < -0.4 is 10.9 Å². The topological polar surface area (TPSA) is 84.5 Å². The van der Waals surface area contributed by atoms with E-state index in [4.69, 9.17) is 4.74 Å². The maximum atomic E-state index is 13.0. The Kier molecular flexibility index (Phi) is 5.09. The summed E-state index contributed by atoms with van der Waals surface area (Å²) in [5.74, 6) is -2.02. The molecule has 4 rings (SSSR count). The largest absolute Gasteiger partial charge is 0.448 e. The molecule has 1 atom stereocenters. The van der Waals surface area contributed by atoms with Crippen LogP contribution in [0.5, 0.6) is 0 Å². The average Bonchev–Trinajstić information content (AvgIpc) is 3.22. The number of esters is 1. The summed E-state index contributed by atoms with van der Waals surface area (Å²) in [7, 11) is 0. The summed E-state index contributed by atoms with van der Waals surface area (Å²) >= 11 is 1.21. The first-order valence-corrected chi connectivity index (χ1v) is 9.58. The molecule has 0 spiro atoms. The number of fused-ring (bicyclic) bond motifs is 1. The van der Waals surface area contributed by atoms with Crippen LogP contribution in [0.3, 0.4) is 0 Å². The van der Waals surface area contributed by atoms with Crippen molar-refractivity contribution in [2.45, 2.75) is 12.5 Å². The molecule has 1 aromatic heterocycles. The lowest BCUT2D eigenvalue weighted by atomic mass is 9.98. The summed E-state index contributed by atoms with van der Waals surface area (Å²) in [5, 5.41) is 0.